The highest BCUT2D eigenvalue weighted by molar-refractivity contribution is 5.79. The van der Waals surface area contributed by atoms with Gasteiger partial charge < -0.3 is 16.0 Å². The van der Waals surface area contributed by atoms with Crippen molar-refractivity contribution >= 4 is 5.91 Å². The van der Waals surface area contributed by atoms with Gasteiger partial charge in [-0.05, 0) is 51.6 Å². The van der Waals surface area contributed by atoms with Gasteiger partial charge >= 0.3 is 0 Å². The van der Waals surface area contributed by atoms with Crippen LogP contribution >= 0.6 is 0 Å². The molecule has 128 valence electrons. The summed E-state index contributed by atoms with van der Waals surface area (Å²) in [5, 5.41) is 10.3. The van der Waals surface area contributed by atoms with Crippen molar-refractivity contribution in [1.82, 2.24) is 16.0 Å². The van der Waals surface area contributed by atoms with Crippen LogP contribution in [0.3, 0.4) is 0 Å². The maximum Gasteiger partial charge on any atom is 0.223 e. The molecule has 1 saturated heterocycles. The number of hydrogen-bond acceptors (Lipinski definition) is 3. The molecule has 1 aliphatic carbocycles. The fourth-order valence-corrected chi connectivity index (χ4v) is 3.72. The first-order valence-electron chi connectivity index (χ1n) is 9.54. The summed E-state index contributed by atoms with van der Waals surface area (Å²) >= 11 is 0. The smallest absolute Gasteiger partial charge is 0.223 e. The van der Waals surface area contributed by atoms with E-state index in [4.69, 9.17) is 0 Å². The van der Waals surface area contributed by atoms with Gasteiger partial charge in [0.2, 0.25) is 5.91 Å². The average molecular weight is 309 g/mol. The van der Waals surface area contributed by atoms with Gasteiger partial charge in [-0.25, -0.2) is 0 Å². The maximum absolute atomic E-state index is 12.4. The predicted octanol–water partition coefficient (Wildman–Crippen LogP) is 2.58. The fourth-order valence-electron chi connectivity index (χ4n) is 3.72. The van der Waals surface area contributed by atoms with Crippen LogP contribution in [0.4, 0.5) is 0 Å². The van der Waals surface area contributed by atoms with Crippen molar-refractivity contribution in [2.75, 3.05) is 19.6 Å². The Hall–Kier alpha value is -0.610. The Morgan fingerprint density at radius 2 is 1.95 bits per heavy atom. The van der Waals surface area contributed by atoms with E-state index in [1.54, 1.807) is 0 Å². The fraction of sp³-hybridized carbons (Fsp3) is 0.944. The Bertz CT molecular complexity index is 315. The Labute approximate surface area is 136 Å². The van der Waals surface area contributed by atoms with Crippen LogP contribution in [0, 0.1) is 5.92 Å². The van der Waals surface area contributed by atoms with Crippen LogP contribution in [0.5, 0.6) is 0 Å². The van der Waals surface area contributed by atoms with Crippen molar-refractivity contribution in [3.63, 3.8) is 0 Å². The number of rotatable bonds is 8. The van der Waals surface area contributed by atoms with Crippen molar-refractivity contribution < 1.29 is 4.79 Å². The number of carbonyl (C=O) groups is 1. The van der Waals surface area contributed by atoms with Crippen molar-refractivity contribution in [2.24, 2.45) is 5.92 Å². The van der Waals surface area contributed by atoms with Gasteiger partial charge in [0.15, 0.2) is 0 Å². The molecule has 3 N–H and O–H groups in total. The molecule has 0 spiro atoms. The van der Waals surface area contributed by atoms with E-state index in [9.17, 15) is 4.79 Å². The van der Waals surface area contributed by atoms with Gasteiger partial charge in [-0.2, -0.15) is 0 Å². The molecule has 0 bridgehead atoms. The molecular weight excluding hydrogens is 274 g/mol. The highest BCUT2D eigenvalue weighted by Gasteiger charge is 2.26. The lowest BCUT2D eigenvalue weighted by molar-refractivity contribution is -0.126. The molecule has 2 fully saturated rings. The molecule has 0 aromatic carbocycles. The second kappa shape index (κ2) is 10.2. The minimum Gasteiger partial charge on any atom is -0.352 e. The van der Waals surface area contributed by atoms with Crippen LogP contribution < -0.4 is 16.0 Å². The summed E-state index contributed by atoms with van der Waals surface area (Å²) < 4.78 is 0. The quantitative estimate of drug-likeness (QED) is 0.477. The summed E-state index contributed by atoms with van der Waals surface area (Å²) in [4.78, 5) is 12.4. The van der Waals surface area contributed by atoms with E-state index in [1.807, 2.05) is 0 Å². The van der Waals surface area contributed by atoms with Gasteiger partial charge in [-0.1, -0.05) is 32.6 Å². The van der Waals surface area contributed by atoms with Crippen LogP contribution in [-0.4, -0.2) is 37.6 Å². The first-order valence-corrected chi connectivity index (χ1v) is 9.54. The standard InChI is InChI=1S/C18H35N3O/c1-2-3-4-5-12-20-16-8-6-7-15(9-10-16)18(22)21-17-11-13-19-14-17/h15-17,19-20H,2-14H2,1H3,(H,21,22)/t15?,16?,17-/m1/s1. The summed E-state index contributed by atoms with van der Waals surface area (Å²) in [7, 11) is 0. The first-order chi connectivity index (χ1) is 10.8. The molecule has 1 amide bonds. The van der Waals surface area contributed by atoms with Crippen molar-refractivity contribution in [3.8, 4) is 0 Å². The van der Waals surface area contributed by atoms with Crippen LogP contribution in [0.2, 0.25) is 0 Å². The summed E-state index contributed by atoms with van der Waals surface area (Å²) in [6, 6.07) is 0.996. The molecule has 2 unspecified atom stereocenters. The van der Waals surface area contributed by atoms with Gasteiger partial charge in [0, 0.05) is 24.5 Å². The first kappa shape index (κ1) is 17.7. The highest BCUT2D eigenvalue weighted by atomic mass is 16.1. The number of carbonyl (C=O) groups excluding carboxylic acids is 1. The molecule has 0 radical (unpaired) electrons. The third-order valence-electron chi connectivity index (χ3n) is 5.21. The third kappa shape index (κ3) is 6.25. The second-order valence-electron chi connectivity index (χ2n) is 7.12. The summed E-state index contributed by atoms with van der Waals surface area (Å²) in [5.41, 5.74) is 0. The van der Waals surface area contributed by atoms with Crippen LogP contribution in [0.25, 0.3) is 0 Å². The highest BCUT2D eigenvalue weighted by Crippen LogP contribution is 2.24. The van der Waals surface area contributed by atoms with Gasteiger partial charge in [0.05, 0.1) is 0 Å². The zero-order valence-electron chi connectivity index (χ0n) is 14.3. The van der Waals surface area contributed by atoms with Gasteiger partial charge in [-0.15, -0.1) is 0 Å². The van der Waals surface area contributed by atoms with Crippen molar-refractivity contribution in [1.29, 1.82) is 0 Å². The molecule has 4 nitrogen and oxygen atoms in total. The Morgan fingerprint density at radius 1 is 1.05 bits per heavy atom. The van der Waals surface area contributed by atoms with Gasteiger partial charge in [0.25, 0.3) is 0 Å². The zero-order valence-corrected chi connectivity index (χ0v) is 14.3. The third-order valence-corrected chi connectivity index (χ3v) is 5.21. The van der Waals surface area contributed by atoms with E-state index in [1.165, 1.54) is 38.5 Å². The molecule has 4 heteroatoms. The lowest BCUT2D eigenvalue weighted by atomic mass is 9.98. The van der Waals surface area contributed by atoms with Crippen LogP contribution in [-0.2, 0) is 4.79 Å². The predicted molar refractivity (Wildman–Crippen MR) is 91.9 cm³/mol. The zero-order chi connectivity index (χ0) is 15.6. The molecule has 0 aromatic rings. The molecule has 2 aliphatic rings. The van der Waals surface area contributed by atoms with E-state index in [0.717, 1.165) is 45.3 Å². The van der Waals surface area contributed by atoms with Crippen molar-refractivity contribution in [3.05, 3.63) is 0 Å². The minimum atomic E-state index is 0.243. The number of hydrogen-bond donors (Lipinski definition) is 3. The molecule has 22 heavy (non-hydrogen) atoms. The molecule has 2 rings (SSSR count). The summed E-state index contributed by atoms with van der Waals surface area (Å²) in [6.07, 6.45) is 12.1. The molecule has 1 heterocycles. The van der Waals surface area contributed by atoms with Crippen LogP contribution in [0.1, 0.15) is 71.1 Å². The Morgan fingerprint density at radius 3 is 2.73 bits per heavy atom. The molecule has 0 aromatic heterocycles. The van der Waals surface area contributed by atoms with Gasteiger partial charge in [-0.3, -0.25) is 4.79 Å². The Kier molecular flexibility index (Phi) is 8.24. The second-order valence-corrected chi connectivity index (χ2v) is 7.12. The molecule has 3 atom stereocenters. The lowest BCUT2D eigenvalue weighted by Gasteiger charge is -2.18. The van der Waals surface area contributed by atoms with Crippen LogP contribution in [0.15, 0.2) is 0 Å². The normalized spacial score (nSPS) is 29.2. The Balaban J connectivity index is 1.62. The summed E-state index contributed by atoms with van der Waals surface area (Å²) in [5.74, 6) is 0.546. The van der Waals surface area contributed by atoms with E-state index in [-0.39, 0.29) is 5.92 Å². The largest absolute Gasteiger partial charge is 0.352 e. The number of amides is 1. The number of unbranched alkanes of at least 4 members (excludes halogenated alkanes) is 3. The maximum atomic E-state index is 12.4. The van der Waals surface area contributed by atoms with E-state index in [0.29, 0.717) is 18.0 Å². The molecule has 1 aliphatic heterocycles. The van der Waals surface area contributed by atoms with E-state index >= 15 is 0 Å². The minimum absolute atomic E-state index is 0.243. The topological polar surface area (TPSA) is 53.2 Å². The SMILES string of the molecule is CCCCCCNC1CCCC(C(=O)N[C@@H]2CCNC2)CC1. The van der Waals surface area contributed by atoms with Crippen molar-refractivity contribution in [2.45, 2.75) is 83.2 Å². The van der Waals surface area contributed by atoms with E-state index < -0.39 is 0 Å². The average Bonchev–Trinajstić information content (AvgIpc) is 2.90. The van der Waals surface area contributed by atoms with E-state index in [2.05, 4.69) is 22.9 Å². The lowest BCUT2D eigenvalue weighted by Crippen LogP contribution is -2.40. The molecular formula is C18H35N3O. The van der Waals surface area contributed by atoms with Gasteiger partial charge in [0.1, 0.15) is 0 Å². The molecule has 1 saturated carbocycles. The monoisotopic (exact) mass is 309 g/mol. The summed E-state index contributed by atoms with van der Waals surface area (Å²) in [6.45, 7) is 5.39. The number of nitrogens with one attached hydrogen (secondary N) is 3.